The minimum atomic E-state index is -0.665. The van der Waals surface area contributed by atoms with Gasteiger partial charge in [0.15, 0.2) is 0 Å². The third-order valence-corrected chi connectivity index (χ3v) is 16.7. The molecule has 8 bridgehead atoms. The molecule has 0 radical (unpaired) electrons. The van der Waals surface area contributed by atoms with Gasteiger partial charge in [0.2, 0.25) is 0 Å². The van der Waals surface area contributed by atoms with Crippen molar-refractivity contribution in [2.45, 2.75) is 235 Å². The first-order valence-corrected chi connectivity index (χ1v) is 35.3. The number of hydrogen-bond donors (Lipinski definition) is 0. The van der Waals surface area contributed by atoms with Crippen molar-refractivity contribution in [3.63, 3.8) is 0 Å². The standard InChI is InChI=1S/C80H112O14/c1-12-16-20-24-32-60-44-64-52-66-46-61(33-25-21-17-13-2)48-68(75(66)89-38-29-41-92-78(83)57(5)6)54-70-50-63(35-27-23-19-15-4)51-71(77(70)91-40-31-43-94-80(85)59(9)10)55-69-49-62(34-26-22-18-14-3)47-67(76(69)90-39-30-42-93-79(84)58(7)8)53-65(45-60)74(64)88-37-28-36-87-73(82)56-72(81)86-11/h44-51H,5,7,9,12-43,52-56H2,1-4,6,8,10-11H3. The number of benzene rings is 4. The van der Waals surface area contributed by atoms with Gasteiger partial charge in [0.25, 0.3) is 0 Å². The Bertz CT molecular complexity index is 2950. The molecule has 0 saturated heterocycles. The highest BCUT2D eigenvalue weighted by Crippen LogP contribution is 2.42. The third kappa shape index (κ3) is 27.5. The molecule has 0 aromatic heterocycles. The second-order valence-corrected chi connectivity index (χ2v) is 25.5. The van der Waals surface area contributed by atoms with Gasteiger partial charge in [-0.1, -0.05) is 173 Å². The van der Waals surface area contributed by atoms with E-state index in [-0.39, 0.29) is 52.9 Å². The lowest BCUT2D eigenvalue weighted by Gasteiger charge is -2.25. The van der Waals surface area contributed by atoms with Crippen LogP contribution in [-0.4, -0.2) is 89.8 Å². The van der Waals surface area contributed by atoms with Crippen LogP contribution in [-0.2, 0) is 99.0 Å². The average molecular weight is 1300 g/mol. The molecule has 0 atom stereocenters. The van der Waals surface area contributed by atoms with Crippen molar-refractivity contribution in [2.24, 2.45) is 0 Å². The number of ether oxygens (including phenoxy) is 9. The lowest BCUT2D eigenvalue weighted by atomic mass is 9.87. The molecule has 0 saturated carbocycles. The van der Waals surface area contributed by atoms with Crippen molar-refractivity contribution < 1.29 is 66.6 Å². The fourth-order valence-electron chi connectivity index (χ4n) is 11.7. The molecular formula is C80H112O14. The van der Waals surface area contributed by atoms with Crippen LogP contribution in [0.3, 0.4) is 0 Å². The maximum Gasteiger partial charge on any atom is 0.333 e. The summed E-state index contributed by atoms with van der Waals surface area (Å²) in [5, 5.41) is 0. The van der Waals surface area contributed by atoms with Gasteiger partial charge in [-0.15, -0.1) is 0 Å². The summed E-state index contributed by atoms with van der Waals surface area (Å²) in [6.07, 6.45) is 23.9. The average Bonchev–Trinajstić information content (AvgIpc) is 0.779. The molecule has 14 heteroatoms. The van der Waals surface area contributed by atoms with Crippen molar-refractivity contribution in [3.05, 3.63) is 152 Å². The summed E-state index contributed by atoms with van der Waals surface area (Å²) in [4.78, 5) is 62.6. The van der Waals surface area contributed by atoms with E-state index in [4.69, 9.17) is 42.6 Å². The molecule has 0 N–H and O–H groups in total. The van der Waals surface area contributed by atoms with E-state index in [9.17, 15) is 24.0 Å². The van der Waals surface area contributed by atoms with E-state index in [1.165, 1.54) is 29.4 Å². The van der Waals surface area contributed by atoms with Gasteiger partial charge in [-0.25, -0.2) is 14.4 Å². The Hall–Kier alpha value is -7.35. The molecule has 0 heterocycles. The Morgan fingerprint density at radius 3 is 0.766 bits per heavy atom. The highest BCUT2D eigenvalue weighted by Gasteiger charge is 2.26. The van der Waals surface area contributed by atoms with Crippen molar-refractivity contribution in [3.8, 4) is 23.0 Å². The Balaban J connectivity index is 1.91. The maximum absolute atomic E-state index is 12.7. The fraction of sp³-hybridized carbons (Fsp3) is 0.562. The van der Waals surface area contributed by atoms with Crippen LogP contribution in [0, 0.1) is 0 Å². The summed E-state index contributed by atoms with van der Waals surface area (Å²) in [6.45, 7) is 26.8. The summed E-state index contributed by atoms with van der Waals surface area (Å²) in [5.41, 5.74) is 13.8. The Labute approximate surface area is 563 Å². The van der Waals surface area contributed by atoms with Gasteiger partial charge in [0.1, 0.15) is 29.4 Å². The largest absolute Gasteiger partial charge is 0.493 e. The van der Waals surface area contributed by atoms with Crippen LogP contribution < -0.4 is 18.9 Å². The van der Waals surface area contributed by atoms with Crippen molar-refractivity contribution in [1.82, 2.24) is 0 Å². The number of hydrogen-bond acceptors (Lipinski definition) is 14. The number of carbonyl (C=O) groups is 5. The minimum absolute atomic E-state index is 0.0387. The van der Waals surface area contributed by atoms with Crippen LogP contribution in [0.4, 0.5) is 0 Å². The van der Waals surface area contributed by atoms with Gasteiger partial charge in [-0.05, 0) is 139 Å². The Kier molecular flexibility index (Phi) is 35.9. The van der Waals surface area contributed by atoms with E-state index in [1.807, 2.05) is 0 Å². The lowest BCUT2D eigenvalue weighted by Crippen LogP contribution is -2.15. The molecule has 4 aromatic rings. The fourth-order valence-corrected chi connectivity index (χ4v) is 11.7. The lowest BCUT2D eigenvalue weighted by molar-refractivity contribution is -0.153. The molecule has 4 aromatic carbocycles. The zero-order valence-corrected chi connectivity index (χ0v) is 58.6. The Morgan fingerprint density at radius 1 is 0.319 bits per heavy atom. The molecule has 5 rings (SSSR count). The van der Waals surface area contributed by atoms with E-state index >= 15 is 0 Å². The molecule has 1 aliphatic carbocycles. The molecule has 0 fully saturated rings. The highest BCUT2D eigenvalue weighted by atomic mass is 16.6. The Morgan fingerprint density at radius 2 is 0.553 bits per heavy atom. The summed E-state index contributed by atoms with van der Waals surface area (Å²) < 4.78 is 55.7. The van der Waals surface area contributed by atoms with Gasteiger partial charge in [-0.3, -0.25) is 9.59 Å². The van der Waals surface area contributed by atoms with E-state index in [0.29, 0.717) is 68.1 Å². The second-order valence-electron chi connectivity index (χ2n) is 25.5. The van der Waals surface area contributed by atoms with Gasteiger partial charge >= 0.3 is 29.8 Å². The highest BCUT2D eigenvalue weighted by molar-refractivity contribution is 5.91. The van der Waals surface area contributed by atoms with Crippen LogP contribution in [0.5, 0.6) is 23.0 Å². The summed E-state index contributed by atoms with van der Waals surface area (Å²) in [7, 11) is 1.24. The van der Waals surface area contributed by atoms with E-state index in [2.05, 4.69) is 96.0 Å². The summed E-state index contributed by atoms with van der Waals surface area (Å²) >= 11 is 0. The molecule has 94 heavy (non-hydrogen) atoms. The predicted molar refractivity (Wildman–Crippen MR) is 374 cm³/mol. The molecule has 0 unspecified atom stereocenters. The van der Waals surface area contributed by atoms with E-state index in [1.54, 1.807) is 20.8 Å². The van der Waals surface area contributed by atoms with Crippen molar-refractivity contribution in [1.29, 1.82) is 0 Å². The number of rotatable bonds is 45. The second kappa shape index (κ2) is 43.6. The van der Waals surface area contributed by atoms with Crippen molar-refractivity contribution >= 4 is 29.8 Å². The molecule has 0 amide bonds. The minimum Gasteiger partial charge on any atom is -0.493 e. The quantitative estimate of drug-likeness (QED) is 0.0119. The van der Waals surface area contributed by atoms with Crippen molar-refractivity contribution in [2.75, 3.05) is 60.0 Å². The molecule has 0 aliphatic heterocycles. The van der Waals surface area contributed by atoms with Crippen LogP contribution in [0.15, 0.2) is 85.0 Å². The first-order valence-electron chi connectivity index (χ1n) is 35.3. The topological polar surface area (TPSA) is 168 Å². The van der Waals surface area contributed by atoms with E-state index < -0.39 is 36.3 Å². The van der Waals surface area contributed by atoms with Crippen LogP contribution >= 0.6 is 0 Å². The van der Waals surface area contributed by atoms with Gasteiger partial charge in [0, 0.05) is 68.1 Å². The number of carbonyl (C=O) groups excluding carboxylic acids is 5. The van der Waals surface area contributed by atoms with Gasteiger partial charge in [-0.2, -0.15) is 0 Å². The van der Waals surface area contributed by atoms with Gasteiger partial charge < -0.3 is 42.6 Å². The smallest absolute Gasteiger partial charge is 0.333 e. The number of esters is 5. The normalized spacial score (nSPS) is 11.7. The molecule has 0 spiro atoms. The first kappa shape index (κ1) is 77.4. The number of fused-ring (bicyclic) bond motifs is 8. The molecule has 14 nitrogen and oxygen atoms in total. The molecule has 1 aliphatic rings. The van der Waals surface area contributed by atoms with Crippen LogP contribution in [0.2, 0.25) is 0 Å². The molecular weight excluding hydrogens is 1180 g/mol. The SMILES string of the molecule is C=C(C)C(=O)OCCCOc1c2cc(CCCCCC)cc1Cc1cc(CCCCCC)cc(c1OCCCOC(=O)C(=C)C)Cc1cc(CCCCCC)cc(c1OCCCOC(=O)C(=C)C)Cc1cc(CCCCCC)cc(c1OCCCOC(=O)CC(=O)OC)C2. The first-order chi connectivity index (χ1) is 45.5. The van der Waals surface area contributed by atoms with Crippen LogP contribution in [0.1, 0.15) is 250 Å². The number of unbranched alkanes of at least 4 members (excludes halogenated alkanes) is 12. The van der Waals surface area contributed by atoms with Crippen LogP contribution in [0.25, 0.3) is 0 Å². The molecule has 516 valence electrons. The summed E-state index contributed by atoms with van der Waals surface area (Å²) in [6, 6.07) is 18.6. The number of aryl methyl sites for hydroxylation is 4. The van der Waals surface area contributed by atoms with E-state index in [0.717, 1.165) is 196 Å². The zero-order chi connectivity index (χ0) is 68.0. The van der Waals surface area contributed by atoms with Gasteiger partial charge in [0.05, 0.1) is 60.0 Å². The maximum atomic E-state index is 12.7. The zero-order valence-electron chi connectivity index (χ0n) is 58.6. The summed E-state index contributed by atoms with van der Waals surface area (Å²) in [5.74, 6) is 0.345. The predicted octanol–water partition coefficient (Wildman–Crippen LogP) is 17.4. The monoisotopic (exact) mass is 1300 g/mol. The third-order valence-electron chi connectivity index (χ3n) is 16.7. The number of methoxy groups -OCH3 is 1.